The minimum absolute atomic E-state index is 0.139. The predicted octanol–water partition coefficient (Wildman–Crippen LogP) is 2.10. The van der Waals surface area contributed by atoms with Gasteiger partial charge in [-0.25, -0.2) is 0 Å². The molecule has 26 heavy (non-hydrogen) atoms. The van der Waals surface area contributed by atoms with Crippen molar-refractivity contribution in [2.45, 2.75) is 49.7 Å². The molecule has 1 atom stereocenters. The van der Waals surface area contributed by atoms with Gasteiger partial charge in [0.15, 0.2) is 0 Å². The van der Waals surface area contributed by atoms with Crippen molar-refractivity contribution in [1.29, 1.82) is 0 Å². The lowest BCUT2D eigenvalue weighted by Gasteiger charge is -2.19. The van der Waals surface area contributed by atoms with Gasteiger partial charge in [0, 0.05) is 6.04 Å². The second-order valence-electron chi connectivity index (χ2n) is 6.16. The molecule has 0 aliphatic heterocycles. The van der Waals surface area contributed by atoms with Gasteiger partial charge in [0.1, 0.15) is 5.75 Å². The van der Waals surface area contributed by atoms with Gasteiger partial charge in [-0.05, 0) is 44.0 Å². The highest BCUT2D eigenvalue weighted by Gasteiger charge is 2.48. The number of likely N-dealkylation sites (N-methyl/N-ethyl adjacent to an activating group) is 1. The Kier molecular flexibility index (Phi) is 6.51. The monoisotopic (exact) mass is 394 g/mol. The fraction of sp³-hybridized carbons (Fsp3) is 0.562. The Balaban J connectivity index is 1.97. The Morgan fingerprint density at radius 3 is 2.31 bits per heavy atom. The second-order valence-corrected chi connectivity index (χ2v) is 7.70. The lowest BCUT2D eigenvalue weighted by atomic mass is 10.0. The van der Waals surface area contributed by atoms with E-state index in [0.29, 0.717) is 12.0 Å². The first-order chi connectivity index (χ1) is 12.1. The predicted molar refractivity (Wildman–Crippen MR) is 89.0 cm³/mol. The van der Waals surface area contributed by atoms with Crippen LogP contribution in [-0.4, -0.2) is 39.0 Å². The summed E-state index contributed by atoms with van der Waals surface area (Å²) in [6.07, 6.45) is 4.42. The molecule has 2 N–H and O–H groups in total. The van der Waals surface area contributed by atoms with E-state index >= 15 is 0 Å². The molecule has 0 bridgehead atoms. The minimum atomic E-state index is -5.69. The van der Waals surface area contributed by atoms with E-state index in [2.05, 4.69) is 14.8 Å². The van der Waals surface area contributed by atoms with E-state index in [1.54, 1.807) is 7.05 Å². The van der Waals surface area contributed by atoms with Crippen LogP contribution in [-0.2, 0) is 21.3 Å². The molecule has 1 saturated carbocycles. The van der Waals surface area contributed by atoms with Crippen LogP contribution >= 0.6 is 0 Å². The van der Waals surface area contributed by atoms with Crippen molar-refractivity contribution >= 4 is 16.0 Å². The van der Waals surface area contributed by atoms with E-state index in [-0.39, 0.29) is 11.9 Å². The van der Waals surface area contributed by atoms with Crippen molar-refractivity contribution in [1.82, 2.24) is 10.6 Å². The molecule has 1 aromatic carbocycles. The Morgan fingerprint density at radius 1 is 1.23 bits per heavy atom. The summed E-state index contributed by atoms with van der Waals surface area (Å²) in [5, 5.41) is 5.89. The zero-order valence-corrected chi connectivity index (χ0v) is 15.0. The first-order valence-corrected chi connectivity index (χ1v) is 9.60. The number of carbonyl (C=O) groups is 1. The zero-order valence-electron chi connectivity index (χ0n) is 14.2. The summed E-state index contributed by atoms with van der Waals surface area (Å²) in [4.78, 5) is 12.3. The van der Waals surface area contributed by atoms with E-state index in [0.717, 1.165) is 37.8 Å². The topological polar surface area (TPSA) is 84.5 Å². The van der Waals surface area contributed by atoms with Crippen LogP contribution < -0.4 is 14.8 Å². The molecule has 0 saturated heterocycles. The molecular weight excluding hydrogens is 373 g/mol. The van der Waals surface area contributed by atoms with Crippen LogP contribution in [0.25, 0.3) is 0 Å². The lowest BCUT2D eigenvalue weighted by Crippen LogP contribution is -2.47. The third-order valence-electron chi connectivity index (χ3n) is 4.22. The van der Waals surface area contributed by atoms with Crippen LogP contribution in [0.1, 0.15) is 31.2 Å². The van der Waals surface area contributed by atoms with Gasteiger partial charge in [0.25, 0.3) is 0 Å². The Hall–Kier alpha value is -1.81. The summed E-state index contributed by atoms with van der Waals surface area (Å²) >= 11 is 0. The van der Waals surface area contributed by atoms with Crippen molar-refractivity contribution in [3.05, 3.63) is 29.8 Å². The van der Waals surface area contributed by atoms with Gasteiger partial charge in [-0.15, -0.1) is 0 Å². The number of rotatable bonds is 7. The third kappa shape index (κ3) is 5.34. The number of alkyl halides is 3. The van der Waals surface area contributed by atoms with Gasteiger partial charge in [0.05, 0.1) is 6.04 Å². The van der Waals surface area contributed by atoms with E-state index in [9.17, 15) is 26.4 Å². The van der Waals surface area contributed by atoms with Crippen molar-refractivity contribution in [3.63, 3.8) is 0 Å². The number of amides is 1. The minimum Gasteiger partial charge on any atom is -0.376 e. The molecule has 1 aliphatic carbocycles. The molecule has 1 amide bonds. The van der Waals surface area contributed by atoms with E-state index in [1.807, 2.05) is 0 Å². The van der Waals surface area contributed by atoms with Crippen LogP contribution in [0.5, 0.6) is 5.75 Å². The lowest BCUT2D eigenvalue weighted by molar-refractivity contribution is -0.123. The number of halogens is 3. The van der Waals surface area contributed by atoms with Crippen molar-refractivity contribution in [3.8, 4) is 5.75 Å². The highest BCUT2D eigenvalue weighted by molar-refractivity contribution is 7.88. The maximum atomic E-state index is 12.3. The molecule has 146 valence electrons. The smallest absolute Gasteiger partial charge is 0.376 e. The first kappa shape index (κ1) is 20.5. The molecule has 0 aromatic heterocycles. The summed E-state index contributed by atoms with van der Waals surface area (Å²) in [5.74, 6) is -0.582. The summed E-state index contributed by atoms with van der Waals surface area (Å²) < 4.78 is 62.9. The summed E-state index contributed by atoms with van der Waals surface area (Å²) in [6.45, 7) is 0. The normalized spacial score (nSPS) is 17.1. The zero-order chi connectivity index (χ0) is 19.4. The van der Waals surface area contributed by atoms with Gasteiger partial charge >= 0.3 is 15.6 Å². The van der Waals surface area contributed by atoms with Gasteiger partial charge in [-0.1, -0.05) is 25.0 Å². The number of benzene rings is 1. The molecule has 10 heteroatoms. The number of hydrogen-bond acceptors (Lipinski definition) is 5. The van der Waals surface area contributed by atoms with Gasteiger partial charge < -0.3 is 14.8 Å². The highest BCUT2D eigenvalue weighted by Crippen LogP contribution is 2.27. The van der Waals surface area contributed by atoms with Crippen LogP contribution in [0.4, 0.5) is 13.2 Å². The average Bonchev–Trinajstić information content (AvgIpc) is 3.05. The molecule has 0 unspecified atom stereocenters. The van der Waals surface area contributed by atoms with E-state index in [1.165, 1.54) is 12.1 Å². The quantitative estimate of drug-likeness (QED) is 0.547. The molecule has 1 fully saturated rings. The Labute approximate surface area is 150 Å². The maximum absolute atomic E-state index is 12.3. The van der Waals surface area contributed by atoms with Crippen molar-refractivity contribution < 1.29 is 30.6 Å². The Morgan fingerprint density at radius 2 is 1.81 bits per heavy atom. The number of carbonyl (C=O) groups excluding carboxylic acids is 1. The SMILES string of the molecule is CN[C@@H](Cc1ccc(OS(=O)(=O)C(F)(F)F)cc1)C(=O)NC1CCCC1. The maximum Gasteiger partial charge on any atom is 0.534 e. The molecule has 6 nitrogen and oxygen atoms in total. The number of hydrogen-bond donors (Lipinski definition) is 2. The highest BCUT2D eigenvalue weighted by atomic mass is 32.2. The van der Waals surface area contributed by atoms with E-state index in [4.69, 9.17) is 0 Å². The fourth-order valence-corrected chi connectivity index (χ4v) is 3.25. The molecular formula is C16H21F3N2O4S. The third-order valence-corrected chi connectivity index (χ3v) is 5.20. The Bertz CT molecular complexity index is 714. The van der Waals surface area contributed by atoms with Crippen molar-refractivity contribution in [2.75, 3.05) is 7.05 Å². The van der Waals surface area contributed by atoms with E-state index < -0.39 is 27.4 Å². The van der Waals surface area contributed by atoms with Crippen LogP contribution in [0, 0.1) is 0 Å². The van der Waals surface area contributed by atoms with Gasteiger partial charge in [0.2, 0.25) is 5.91 Å². The summed E-state index contributed by atoms with van der Waals surface area (Å²) in [5.41, 5.74) is -4.83. The first-order valence-electron chi connectivity index (χ1n) is 8.20. The molecule has 1 aromatic rings. The van der Waals surface area contributed by atoms with Gasteiger partial charge in [-0.2, -0.15) is 21.6 Å². The fourth-order valence-electron chi connectivity index (χ4n) is 2.79. The largest absolute Gasteiger partial charge is 0.534 e. The standard InChI is InChI=1S/C16H21F3N2O4S/c1-20-14(15(22)21-12-4-2-3-5-12)10-11-6-8-13(9-7-11)25-26(23,24)16(17,18)19/h6-9,12,14,20H,2-5,10H2,1H3,(H,21,22)/t14-/m0/s1. The average molecular weight is 394 g/mol. The molecule has 0 radical (unpaired) electrons. The molecule has 2 rings (SSSR count). The number of nitrogens with one attached hydrogen (secondary N) is 2. The van der Waals surface area contributed by atoms with Crippen molar-refractivity contribution in [2.24, 2.45) is 0 Å². The molecule has 1 aliphatic rings. The molecule has 0 spiro atoms. The summed E-state index contributed by atoms with van der Waals surface area (Å²) in [6, 6.07) is 4.78. The van der Waals surface area contributed by atoms with Crippen LogP contribution in [0.15, 0.2) is 24.3 Å². The second kappa shape index (κ2) is 8.26. The summed E-state index contributed by atoms with van der Waals surface area (Å²) in [7, 11) is -4.05. The molecule has 0 heterocycles. The van der Waals surface area contributed by atoms with Crippen LogP contribution in [0.2, 0.25) is 0 Å². The van der Waals surface area contributed by atoms with Crippen LogP contribution in [0.3, 0.4) is 0 Å². The van der Waals surface area contributed by atoms with Gasteiger partial charge in [-0.3, -0.25) is 4.79 Å².